The molecule has 0 unspecified atom stereocenters. The highest BCUT2D eigenvalue weighted by Crippen LogP contribution is 2.27. The number of hydrogen-bond donors (Lipinski definition) is 2. The molecule has 1 saturated carbocycles. The number of carbonyl (C=O) groups is 1. The van der Waals surface area contributed by atoms with Crippen molar-refractivity contribution in [2.24, 2.45) is 5.92 Å². The van der Waals surface area contributed by atoms with Gasteiger partial charge in [-0.15, -0.1) is 0 Å². The lowest BCUT2D eigenvalue weighted by molar-refractivity contribution is -0.121. The van der Waals surface area contributed by atoms with Gasteiger partial charge in [-0.05, 0) is 56.2 Å². The first-order valence-corrected chi connectivity index (χ1v) is 8.47. The highest BCUT2D eigenvalue weighted by molar-refractivity contribution is 5.79. The molecule has 0 aliphatic heterocycles. The molecule has 130 valence electrons. The Kier molecular flexibility index (Phi) is 6.47. The Morgan fingerprint density at radius 2 is 2.08 bits per heavy atom. The molecule has 24 heavy (non-hydrogen) atoms. The van der Waals surface area contributed by atoms with Crippen molar-refractivity contribution < 1.29 is 14.6 Å². The van der Waals surface area contributed by atoms with Crippen LogP contribution < -0.4 is 10.1 Å². The Morgan fingerprint density at radius 1 is 1.38 bits per heavy atom. The number of amides is 1. The van der Waals surface area contributed by atoms with Gasteiger partial charge in [-0.3, -0.25) is 4.79 Å². The number of phenolic OH excluding ortho intramolecular Hbond substituents is 1. The molecule has 4 nitrogen and oxygen atoms in total. The summed E-state index contributed by atoms with van der Waals surface area (Å²) in [6.45, 7) is 5.88. The Hall–Kier alpha value is -2.23. The molecule has 2 rings (SSSR count). The van der Waals surface area contributed by atoms with Gasteiger partial charge < -0.3 is 15.2 Å². The second-order valence-electron chi connectivity index (χ2n) is 6.57. The molecule has 0 saturated heterocycles. The summed E-state index contributed by atoms with van der Waals surface area (Å²) < 4.78 is 5.07. The molecule has 1 fully saturated rings. The topological polar surface area (TPSA) is 58.6 Å². The highest BCUT2D eigenvalue weighted by Gasteiger charge is 2.21. The zero-order valence-corrected chi connectivity index (χ0v) is 14.5. The van der Waals surface area contributed by atoms with E-state index >= 15 is 0 Å². The molecule has 0 heterocycles. The van der Waals surface area contributed by atoms with Crippen molar-refractivity contribution in [1.29, 1.82) is 0 Å². The molecule has 0 atom stereocenters. The summed E-state index contributed by atoms with van der Waals surface area (Å²) >= 11 is 0. The summed E-state index contributed by atoms with van der Waals surface area (Å²) in [5.74, 6) is 1.09. The van der Waals surface area contributed by atoms with Crippen LogP contribution in [0, 0.1) is 5.92 Å². The zero-order chi connectivity index (χ0) is 17.5. The zero-order valence-electron chi connectivity index (χ0n) is 14.5. The van der Waals surface area contributed by atoms with Crippen molar-refractivity contribution in [3.8, 4) is 11.5 Å². The lowest BCUT2D eigenvalue weighted by atomic mass is 9.85. The molecule has 1 aliphatic carbocycles. The first kappa shape index (κ1) is 18.1. The van der Waals surface area contributed by atoms with Crippen LogP contribution in [0.1, 0.15) is 38.2 Å². The fourth-order valence-corrected chi connectivity index (χ4v) is 3.05. The summed E-state index contributed by atoms with van der Waals surface area (Å²) in [4.78, 5) is 12.2. The van der Waals surface area contributed by atoms with Crippen LogP contribution >= 0.6 is 0 Å². The Labute approximate surface area is 144 Å². The SMILES string of the molecule is C=C(C)C=C[C@H]1CC[C@H](NC(=O)Cc2ccc(O)c(OC)c2)CC1. The van der Waals surface area contributed by atoms with Gasteiger partial charge in [-0.25, -0.2) is 0 Å². The Balaban J connectivity index is 1.80. The summed E-state index contributed by atoms with van der Waals surface area (Å²) in [5.41, 5.74) is 1.91. The minimum Gasteiger partial charge on any atom is -0.504 e. The van der Waals surface area contributed by atoms with Crippen LogP contribution in [0.2, 0.25) is 0 Å². The van der Waals surface area contributed by atoms with Gasteiger partial charge in [-0.2, -0.15) is 0 Å². The van der Waals surface area contributed by atoms with Gasteiger partial charge in [0.05, 0.1) is 13.5 Å². The van der Waals surface area contributed by atoms with Crippen LogP contribution in [0.15, 0.2) is 42.5 Å². The quantitative estimate of drug-likeness (QED) is 0.782. The van der Waals surface area contributed by atoms with E-state index in [9.17, 15) is 9.90 Å². The second kappa shape index (κ2) is 8.57. The number of ether oxygens (including phenoxy) is 1. The Morgan fingerprint density at radius 3 is 2.71 bits per heavy atom. The minimum atomic E-state index is 0.0173. The number of phenols is 1. The minimum absolute atomic E-state index is 0.0173. The number of hydrogen-bond acceptors (Lipinski definition) is 3. The van der Waals surface area contributed by atoms with E-state index in [1.807, 2.05) is 6.92 Å². The van der Waals surface area contributed by atoms with E-state index in [-0.39, 0.29) is 17.7 Å². The van der Waals surface area contributed by atoms with Crippen LogP contribution in [-0.2, 0) is 11.2 Å². The van der Waals surface area contributed by atoms with Crippen LogP contribution in [-0.4, -0.2) is 24.2 Å². The van der Waals surface area contributed by atoms with Crippen molar-refractivity contribution in [1.82, 2.24) is 5.32 Å². The first-order valence-electron chi connectivity index (χ1n) is 8.47. The number of nitrogens with one attached hydrogen (secondary N) is 1. The van der Waals surface area contributed by atoms with E-state index in [4.69, 9.17) is 4.74 Å². The molecule has 1 aromatic carbocycles. The first-order chi connectivity index (χ1) is 11.5. The smallest absolute Gasteiger partial charge is 0.224 e. The Bertz CT molecular complexity index is 613. The van der Waals surface area contributed by atoms with Gasteiger partial charge >= 0.3 is 0 Å². The average Bonchev–Trinajstić information content (AvgIpc) is 2.56. The fourth-order valence-electron chi connectivity index (χ4n) is 3.05. The van der Waals surface area contributed by atoms with E-state index < -0.39 is 0 Å². The standard InChI is InChI=1S/C20H27NO3/c1-14(2)4-5-15-6-9-17(10-7-15)21-20(23)13-16-8-11-18(22)19(12-16)24-3/h4-5,8,11-12,15,17,22H,1,6-7,9-10,13H2,2-3H3,(H,21,23)/t15-,17-. The van der Waals surface area contributed by atoms with Crippen molar-refractivity contribution in [2.75, 3.05) is 7.11 Å². The number of carbonyl (C=O) groups excluding carboxylic acids is 1. The number of allylic oxidation sites excluding steroid dienone is 3. The van der Waals surface area contributed by atoms with Gasteiger partial charge in [0, 0.05) is 6.04 Å². The summed E-state index contributed by atoms with van der Waals surface area (Å²) in [5, 5.41) is 12.7. The predicted octanol–water partition coefficient (Wildman–Crippen LogP) is 3.75. The molecule has 1 amide bonds. The lowest BCUT2D eigenvalue weighted by Gasteiger charge is -2.27. The van der Waals surface area contributed by atoms with E-state index in [2.05, 4.69) is 24.0 Å². The maximum absolute atomic E-state index is 12.2. The molecular formula is C20H27NO3. The summed E-state index contributed by atoms with van der Waals surface area (Å²) in [7, 11) is 1.50. The monoisotopic (exact) mass is 329 g/mol. The van der Waals surface area contributed by atoms with Gasteiger partial charge in [0.25, 0.3) is 0 Å². The maximum atomic E-state index is 12.2. The van der Waals surface area contributed by atoms with Crippen LogP contribution in [0.25, 0.3) is 0 Å². The van der Waals surface area contributed by atoms with E-state index in [0.29, 0.717) is 18.1 Å². The van der Waals surface area contributed by atoms with Gasteiger partial charge in [0.2, 0.25) is 5.91 Å². The van der Waals surface area contributed by atoms with Gasteiger partial charge in [0.15, 0.2) is 11.5 Å². The van der Waals surface area contributed by atoms with E-state index in [0.717, 1.165) is 36.8 Å². The fraction of sp³-hybridized carbons (Fsp3) is 0.450. The summed E-state index contributed by atoms with van der Waals surface area (Å²) in [6, 6.07) is 5.26. The van der Waals surface area contributed by atoms with Crippen LogP contribution in [0.3, 0.4) is 0 Å². The number of rotatable bonds is 6. The predicted molar refractivity (Wildman–Crippen MR) is 96.2 cm³/mol. The van der Waals surface area contributed by atoms with E-state index in [1.54, 1.807) is 18.2 Å². The molecule has 0 spiro atoms. The van der Waals surface area contributed by atoms with Gasteiger partial charge in [0.1, 0.15) is 0 Å². The lowest BCUT2D eigenvalue weighted by Crippen LogP contribution is -2.38. The molecule has 1 aliphatic rings. The second-order valence-corrected chi connectivity index (χ2v) is 6.57. The van der Waals surface area contributed by atoms with E-state index in [1.165, 1.54) is 7.11 Å². The third-order valence-electron chi connectivity index (χ3n) is 4.40. The molecule has 2 N–H and O–H groups in total. The third kappa shape index (κ3) is 5.44. The molecule has 0 bridgehead atoms. The highest BCUT2D eigenvalue weighted by atomic mass is 16.5. The molecule has 4 heteroatoms. The van der Waals surface area contributed by atoms with Crippen molar-refractivity contribution in [2.45, 2.75) is 45.1 Å². The van der Waals surface area contributed by atoms with Crippen molar-refractivity contribution >= 4 is 5.91 Å². The van der Waals surface area contributed by atoms with Crippen molar-refractivity contribution in [3.63, 3.8) is 0 Å². The van der Waals surface area contributed by atoms with Crippen LogP contribution in [0.5, 0.6) is 11.5 Å². The van der Waals surface area contributed by atoms with Crippen molar-refractivity contribution in [3.05, 3.63) is 48.1 Å². The largest absolute Gasteiger partial charge is 0.504 e. The van der Waals surface area contributed by atoms with Gasteiger partial charge in [-0.1, -0.05) is 30.4 Å². The third-order valence-corrected chi connectivity index (χ3v) is 4.40. The molecule has 1 aromatic rings. The molecule has 0 radical (unpaired) electrons. The van der Waals surface area contributed by atoms with Crippen LogP contribution in [0.4, 0.5) is 0 Å². The number of benzene rings is 1. The number of aromatic hydroxyl groups is 1. The average molecular weight is 329 g/mol. The summed E-state index contributed by atoms with van der Waals surface area (Å²) in [6.07, 6.45) is 8.84. The number of methoxy groups -OCH3 is 1. The maximum Gasteiger partial charge on any atom is 0.224 e. The molecular weight excluding hydrogens is 302 g/mol. The normalized spacial score (nSPS) is 20.8. The molecule has 0 aromatic heterocycles.